The van der Waals surface area contributed by atoms with Crippen molar-refractivity contribution in [3.8, 4) is 0 Å². The zero-order chi connectivity index (χ0) is 10.7. The van der Waals surface area contributed by atoms with Gasteiger partial charge in [-0.15, -0.1) is 0 Å². The number of hydrogen-bond donors (Lipinski definition) is 1. The number of nitrogens with one attached hydrogen (secondary N) is 1. The Hall–Kier alpha value is -0.570. The third kappa shape index (κ3) is 2.71. The van der Waals surface area contributed by atoms with E-state index >= 15 is 0 Å². The monoisotopic (exact) mass is 210 g/mol. The van der Waals surface area contributed by atoms with Crippen LogP contribution >= 0.6 is 0 Å². The number of carbonyl (C=O) groups is 1. The molecule has 2 fully saturated rings. The smallest absolute Gasteiger partial charge is 0.223 e. The molecule has 3 nitrogen and oxygen atoms in total. The first-order valence-electron chi connectivity index (χ1n) is 6.30. The second-order valence-corrected chi connectivity index (χ2v) is 4.99. The largest absolute Gasteiger partial charge is 0.327 e. The van der Waals surface area contributed by atoms with E-state index in [4.69, 9.17) is 0 Å². The number of carbonyl (C=O) groups excluding carboxylic acids is 1. The molecule has 86 valence electrons. The minimum absolute atomic E-state index is 0.330. The van der Waals surface area contributed by atoms with Crippen molar-refractivity contribution >= 4 is 5.91 Å². The Morgan fingerprint density at radius 2 is 2.13 bits per heavy atom. The molecule has 2 aliphatic rings. The summed E-state index contributed by atoms with van der Waals surface area (Å²) in [5, 5.41) is 3.47. The molecule has 0 aromatic rings. The average Bonchev–Trinajstić information content (AvgIpc) is 2.43. The molecule has 0 aliphatic carbocycles. The van der Waals surface area contributed by atoms with E-state index in [2.05, 4.69) is 17.1 Å². The van der Waals surface area contributed by atoms with Gasteiger partial charge in [-0.25, -0.2) is 0 Å². The van der Waals surface area contributed by atoms with Crippen LogP contribution in [0.4, 0.5) is 0 Å². The highest BCUT2D eigenvalue weighted by Gasteiger charge is 2.27. The van der Waals surface area contributed by atoms with E-state index in [1.165, 1.54) is 19.3 Å². The van der Waals surface area contributed by atoms with Crippen molar-refractivity contribution in [3.05, 3.63) is 0 Å². The third-order valence-electron chi connectivity index (χ3n) is 3.69. The maximum atomic E-state index is 11.9. The van der Waals surface area contributed by atoms with E-state index in [-0.39, 0.29) is 0 Å². The summed E-state index contributed by atoms with van der Waals surface area (Å²) >= 11 is 0. The number of nitrogens with zero attached hydrogens (tertiary/aromatic N) is 1. The topological polar surface area (TPSA) is 32.3 Å². The lowest BCUT2D eigenvalue weighted by atomic mass is 10.0. The molecule has 2 saturated heterocycles. The summed E-state index contributed by atoms with van der Waals surface area (Å²) in [5.41, 5.74) is 0. The summed E-state index contributed by atoms with van der Waals surface area (Å²) in [6, 6.07) is 0. The standard InChI is InChI=1S/C12H22N2O/c1-10-5-6-12(15)14(9-7-10)11-4-2-3-8-13-11/h10-11,13H,2-9H2,1H3. The van der Waals surface area contributed by atoms with Gasteiger partial charge in [0, 0.05) is 13.0 Å². The van der Waals surface area contributed by atoms with E-state index < -0.39 is 0 Å². The van der Waals surface area contributed by atoms with Gasteiger partial charge in [0.2, 0.25) is 5.91 Å². The van der Waals surface area contributed by atoms with Crippen LogP contribution in [0.3, 0.4) is 0 Å². The molecular weight excluding hydrogens is 188 g/mol. The SMILES string of the molecule is CC1CCC(=O)N(C2CCCCN2)CC1. The highest BCUT2D eigenvalue weighted by Crippen LogP contribution is 2.21. The van der Waals surface area contributed by atoms with Gasteiger partial charge in [-0.3, -0.25) is 10.1 Å². The molecule has 2 atom stereocenters. The van der Waals surface area contributed by atoms with Crippen LogP contribution in [0.2, 0.25) is 0 Å². The maximum Gasteiger partial charge on any atom is 0.223 e. The molecule has 2 heterocycles. The van der Waals surface area contributed by atoms with Crippen molar-refractivity contribution in [2.24, 2.45) is 5.92 Å². The fourth-order valence-corrected chi connectivity index (χ4v) is 2.57. The molecule has 3 heteroatoms. The lowest BCUT2D eigenvalue weighted by molar-refractivity contribution is -0.134. The van der Waals surface area contributed by atoms with Gasteiger partial charge in [0.15, 0.2) is 0 Å². The zero-order valence-corrected chi connectivity index (χ0v) is 9.67. The molecule has 15 heavy (non-hydrogen) atoms. The van der Waals surface area contributed by atoms with Crippen molar-refractivity contribution in [2.75, 3.05) is 13.1 Å². The number of amides is 1. The van der Waals surface area contributed by atoms with Crippen LogP contribution < -0.4 is 5.32 Å². The molecule has 2 unspecified atom stereocenters. The summed E-state index contributed by atoms with van der Waals surface area (Å²) in [6.45, 7) is 4.28. The van der Waals surface area contributed by atoms with Gasteiger partial charge in [-0.1, -0.05) is 6.92 Å². The fraction of sp³-hybridized carbons (Fsp3) is 0.917. The van der Waals surface area contributed by atoms with Crippen LogP contribution in [0.15, 0.2) is 0 Å². The van der Waals surface area contributed by atoms with Gasteiger partial charge >= 0.3 is 0 Å². The van der Waals surface area contributed by atoms with Crippen LogP contribution in [0.25, 0.3) is 0 Å². The van der Waals surface area contributed by atoms with E-state index in [0.29, 0.717) is 18.0 Å². The molecule has 0 saturated carbocycles. The van der Waals surface area contributed by atoms with Gasteiger partial charge in [0.1, 0.15) is 0 Å². The summed E-state index contributed by atoms with van der Waals surface area (Å²) < 4.78 is 0. The van der Waals surface area contributed by atoms with E-state index in [1.807, 2.05) is 0 Å². The minimum atomic E-state index is 0.330. The molecule has 0 radical (unpaired) electrons. The Morgan fingerprint density at radius 1 is 1.27 bits per heavy atom. The second kappa shape index (κ2) is 4.97. The Morgan fingerprint density at radius 3 is 2.87 bits per heavy atom. The van der Waals surface area contributed by atoms with Crippen LogP contribution in [0.1, 0.15) is 45.4 Å². The molecule has 0 spiro atoms. The van der Waals surface area contributed by atoms with Crippen molar-refractivity contribution in [1.29, 1.82) is 0 Å². The predicted octanol–water partition coefficient (Wildman–Crippen LogP) is 1.73. The Balaban J connectivity index is 1.96. The van der Waals surface area contributed by atoms with Gasteiger partial charge in [0.25, 0.3) is 0 Å². The summed E-state index contributed by atoms with van der Waals surface area (Å²) in [5.74, 6) is 1.07. The van der Waals surface area contributed by atoms with Crippen molar-refractivity contribution in [3.63, 3.8) is 0 Å². The lowest BCUT2D eigenvalue weighted by Gasteiger charge is -2.34. The van der Waals surface area contributed by atoms with Crippen molar-refractivity contribution in [1.82, 2.24) is 10.2 Å². The van der Waals surface area contributed by atoms with Gasteiger partial charge in [-0.2, -0.15) is 0 Å². The Kier molecular flexibility index (Phi) is 3.62. The Bertz CT molecular complexity index is 224. The molecule has 0 aromatic carbocycles. The van der Waals surface area contributed by atoms with Crippen molar-refractivity contribution in [2.45, 2.75) is 51.6 Å². The summed E-state index contributed by atoms with van der Waals surface area (Å²) in [7, 11) is 0. The first-order valence-corrected chi connectivity index (χ1v) is 6.30. The normalized spacial score (nSPS) is 33.9. The highest BCUT2D eigenvalue weighted by molar-refractivity contribution is 5.76. The van der Waals surface area contributed by atoms with E-state index in [9.17, 15) is 4.79 Å². The highest BCUT2D eigenvalue weighted by atomic mass is 16.2. The molecule has 2 rings (SSSR count). The fourth-order valence-electron chi connectivity index (χ4n) is 2.57. The molecule has 0 bridgehead atoms. The molecule has 1 N–H and O–H groups in total. The van der Waals surface area contributed by atoms with Crippen LogP contribution in [0.5, 0.6) is 0 Å². The quantitative estimate of drug-likeness (QED) is 0.715. The second-order valence-electron chi connectivity index (χ2n) is 4.99. The average molecular weight is 210 g/mol. The zero-order valence-electron chi connectivity index (χ0n) is 9.67. The number of rotatable bonds is 1. The summed E-state index contributed by atoms with van der Waals surface area (Å²) in [6.07, 6.45) is 6.98. The van der Waals surface area contributed by atoms with Crippen molar-refractivity contribution < 1.29 is 4.79 Å². The Labute approximate surface area is 92.2 Å². The molecule has 2 aliphatic heterocycles. The van der Waals surface area contributed by atoms with Gasteiger partial charge < -0.3 is 4.90 Å². The third-order valence-corrected chi connectivity index (χ3v) is 3.69. The molecule has 1 amide bonds. The number of hydrogen-bond acceptors (Lipinski definition) is 2. The van der Waals surface area contributed by atoms with Gasteiger partial charge in [-0.05, 0) is 44.6 Å². The number of piperidine rings is 1. The molecule has 0 aromatic heterocycles. The maximum absolute atomic E-state index is 11.9. The van der Waals surface area contributed by atoms with Crippen LogP contribution in [-0.4, -0.2) is 30.1 Å². The first-order chi connectivity index (χ1) is 7.27. The van der Waals surface area contributed by atoms with Crippen LogP contribution in [-0.2, 0) is 4.79 Å². The van der Waals surface area contributed by atoms with E-state index in [0.717, 1.165) is 32.4 Å². The molecular formula is C12H22N2O. The summed E-state index contributed by atoms with van der Waals surface area (Å²) in [4.78, 5) is 14.0. The first kappa shape index (κ1) is 10.9. The van der Waals surface area contributed by atoms with Gasteiger partial charge in [0.05, 0.1) is 6.17 Å². The lowest BCUT2D eigenvalue weighted by Crippen LogP contribution is -2.50. The predicted molar refractivity (Wildman–Crippen MR) is 60.4 cm³/mol. The van der Waals surface area contributed by atoms with E-state index in [1.54, 1.807) is 0 Å². The number of likely N-dealkylation sites (tertiary alicyclic amines) is 1. The van der Waals surface area contributed by atoms with Crippen LogP contribution in [0, 0.1) is 5.92 Å². The minimum Gasteiger partial charge on any atom is -0.327 e.